The molecule has 3 aliphatic rings. The van der Waals surface area contributed by atoms with E-state index in [1.165, 1.54) is 5.56 Å². The lowest BCUT2D eigenvalue weighted by atomic mass is 9.85. The summed E-state index contributed by atoms with van der Waals surface area (Å²) in [6, 6.07) is 12.0. The summed E-state index contributed by atoms with van der Waals surface area (Å²) in [7, 11) is 0. The first kappa shape index (κ1) is 32.5. The first-order valence-electron chi connectivity index (χ1n) is 12.6. The highest BCUT2D eigenvalue weighted by Crippen LogP contribution is 2.46. The third kappa shape index (κ3) is 7.39. The average molecular weight is 648 g/mol. The Morgan fingerprint density at radius 2 is 1.61 bits per heavy atom. The van der Waals surface area contributed by atoms with Crippen LogP contribution in [-0.2, 0) is 21.5 Å². The van der Waals surface area contributed by atoms with Gasteiger partial charge in [-0.05, 0) is 54.2 Å². The van der Waals surface area contributed by atoms with Gasteiger partial charge in [0.25, 0.3) is 5.91 Å². The van der Waals surface area contributed by atoms with Gasteiger partial charge in [0.15, 0.2) is 11.5 Å². The number of thiophene rings is 1. The summed E-state index contributed by atoms with van der Waals surface area (Å²) in [5.74, 6) is -3.81. The second kappa shape index (κ2) is 12.7. The molecule has 1 fully saturated rings. The van der Waals surface area contributed by atoms with E-state index in [-0.39, 0.29) is 11.3 Å². The fourth-order valence-electron chi connectivity index (χ4n) is 4.92. The molecule has 1 atom stereocenters. The molecule has 236 valence electrons. The molecular formula is C27H23F6N3O7S. The van der Waals surface area contributed by atoms with E-state index < -0.39 is 24.3 Å². The van der Waals surface area contributed by atoms with Crippen molar-refractivity contribution < 1.29 is 60.4 Å². The molecule has 1 unspecified atom stereocenters. The summed E-state index contributed by atoms with van der Waals surface area (Å²) >= 11 is 1.55. The number of fused-ring (bicyclic) bond motifs is 3. The Morgan fingerprint density at radius 3 is 2.23 bits per heavy atom. The van der Waals surface area contributed by atoms with Crippen molar-refractivity contribution in [3.63, 3.8) is 0 Å². The first-order valence-corrected chi connectivity index (χ1v) is 13.6. The molecule has 10 nitrogen and oxygen atoms in total. The maximum absolute atomic E-state index is 13.2. The lowest BCUT2D eigenvalue weighted by Crippen LogP contribution is -2.39. The normalized spacial score (nSPS) is 18.6. The second-order valence-electron chi connectivity index (χ2n) is 9.81. The van der Waals surface area contributed by atoms with Crippen LogP contribution in [0.25, 0.3) is 0 Å². The van der Waals surface area contributed by atoms with E-state index in [2.05, 4.69) is 17.0 Å². The number of hydrogen-bond donors (Lipinski definition) is 2. The Hall–Kier alpha value is -4.38. The fraction of sp³-hybridized carbons (Fsp3) is 0.333. The van der Waals surface area contributed by atoms with Crippen LogP contribution in [0.4, 0.5) is 32.0 Å². The third-order valence-corrected chi connectivity index (χ3v) is 7.50. The Morgan fingerprint density at radius 1 is 0.955 bits per heavy atom. The molecular weight excluding hydrogens is 624 g/mol. The molecule has 1 spiro atoms. The van der Waals surface area contributed by atoms with Crippen molar-refractivity contribution in [2.45, 2.75) is 30.7 Å². The minimum atomic E-state index is -5.08. The van der Waals surface area contributed by atoms with Gasteiger partial charge in [0.2, 0.25) is 6.79 Å². The van der Waals surface area contributed by atoms with E-state index >= 15 is 0 Å². The molecule has 1 saturated heterocycles. The number of anilines is 1. The van der Waals surface area contributed by atoms with Crippen LogP contribution in [0.5, 0.6) is 11.5 Å². The van der Waals surface area contributed by atoms with Crippen LogP contribution in [-0.4, -0.2) is 76.7 Å². The van der Waals surface area contributed by atoms with E-state index in [9.17, 15) is 31.1 Å². The van der Waals surface area contributed by atoms with E-state index in [0.29, 0.717) is 13.3 Å². The molecule has 3 aromatic rings. The number of ether oxygens (including phenoxy) is 2. The van der Waals surface area contributed by atoms with Gasteiger partial charge in [0.1, 0.15) is 0 Å². The minimum Gasteiger partial charge on any atom is -0.475 e. The average Bonchev–Trinajstić information content (AvgIpc) is 3.76. The molecule has 1 aromatic carbocycles. The number of rotatable bonds is 3. The number of carboxylic acid groups (broad SMARTS) is 2. The monoisotopic (exact) mass is 647 g/mol. The molecule has 0 saturated carbocycles. The molecule has 1 amide bonds. The lowest BCUT2D eigenvalue weighted by molar-refractivity contribution is -0.193. The van der Waals surface area contributed by atoms with Crippen molar-refractivity contribution in [3.8, 4) is 11.5 Å². The predicted octanol–water partition coefficient (Wildman–Crippen LogP) is 4.94. The van der Waals surface area contributed by atoms with Crippen molar-refractivity contribution >= 4 is 34.9 Å². The lowest BCUT2D eigenvalue weighted by Gasteiger charge is -2.25. The quantitative estimate of drug-likeness (QED) is 0.380. The van der Waals surface area contributed by atoms with Crippen LogP contribution in [0.1, 0.15) is 28.0 Å². The van der Waals surface area contributed by atoms with Crippen LogP contribution in [0.3, 0.4) is 0 Å². The fourth-order valence-corrected chi connectivity index (χ4v) is 5.55. The molecule has 5 heterocycles. The van der Waals surface area contributed by atoms with Gasteiger partial charge in [0, 0.05) is 36.6 Å². The summed E-state index contributed by atoms with van der Waals surface area (Å²) in [6.07, 6.45) is -7.32. The number of aromatic nitrogens is 1. The second-order valence-corrected chi connectivity index (χ2v) is 10.6. The van der Waals surface area contributed by atoms with Crippen LogP contribution in [0.2, 0.25) is 0 Å². The maximum Gasteiger partial charge on any atom is 0.490 e. The van der Waals surface area contributed by atoms with Crippen molar-refractivity contribution in [2.24, 2.45) is 0 Å². The standard InChI is InChI=1S/C23H21N3O3S.2C2HF3O2/c27-22(17-5-9-30-12-17)26-14-23(21-18(26)2-1-7-24-21)6-8-25(13-23)11-16-3-4-19-20(10-16)29-15-28-19;2*3-2(4,5)1(6)7/h1-5,7,9-10,12H,6,8,11,13-15H2;2*(H,6,7). The van der Waals surface area contributed by atoms with Gasteiger partial charge in [-0.15, -0.1) is 0 Å². The zero-order valence-corrected chi connectivity index (χ0v) is 23.2. The molecule has 2 aromatic heterocycles. The number of amides is 1. The molecule has 0 bridgehead atoms. The van der Waals surface area contributed by atoms with Crippen LogP contribution in [0, 0.1) is 0 Å². The Kier molecular flexibility index (Phi) is 9.39. The number of pyridine rings is 1. The number of hydrogen-bond acceptors (Lipinski definition) is 8. The molecule has 6 rings (SSSR count). The van der Waals surface area contributed by atoms with Crippen molar-refractivity contribution in [2.75, 3.05) is 31.3 Å². The number of alkyl halides is 6. The van der Waals surface area contributed by atoms with E-state index in [0.717, 1.165) is 54.5 Å². The van der Waals surface area contributed by atoms with Crippen molar-refractivity contribution in [1.29, 1.82) is 0 Å². The van der Waals surface area contributed by atoms with Crippen LogP contribution >= 0.6 is 11.3 Å². The largest absolute Gasteiger partial charge is 0.490 e. The Balaban J connectivity index is 0.000000265. The summed E-state index contributed by atoms with van der Waals surface area (Å²) in [6.45, 7) is 3.69. The van der Waals surface area contributed by atoms with E-state index in [1.54, 1.807) is 11.3 Å². The number of benzene rings is 1. The smallest absolute Gasteiger partial charge is 0.475 e. The number of carboxylic acids is 2. The number of aliphatic carboxylic acids is 2. The van der Waals surface area contributed by atoms with Gasteiger partial charge in [-0.25, -0.2) is 9.59 Å². The van der Waals surface area contributed by atoms with Gasteiger partial charge >= 0.3 is 24.3 Å². The summed E-state index contributed by atoms with van der Waals surface area (Å²) < 4.78 is 74.4. The van der Waals surface area contributed by atoms with Crippen LogP contribution < -0.4 is 14.4 Å². The Labute approximate surface area is 249 Å². The van der Waals surface area contributed by atoms with Crippen molar-refractivity contribution in [3.05, 3.63) is 70.2 Å². The molecule has 17 heteroatoms. The third-order valence-electron chi connectivity index (χ3n) is 6.81. The summed E-state index contributed by atoms with van der Waals surface area (Å²) in [5.41, 5.74) is 3.86. The highest BCUT2D eigenvalue weighted by Gasteiger charge is 2.50. The first-order chi connectivity index (χ1) is 20.6. The molecule has 3 aliphatic heterocycles. The maximum atomic E-state index is 13.2. The SMILES string of the molecule is O=C(O)C(F)(F)F.O=C(O)C(F)(F)F.O=C(c1ccsc1)N1CC2(CCN(Cc3ccc4c(c3)OCO4)C2)c2ncccc21. The number of nitrogens with zero attached hydrogens (tertiary/aromatic N) is 3. The van der Waals surface area contributed by atoms with E-state index in [1.807, 2.05) is 46.1 Å². The summed E-state index contributed by atoms with van der Waals surface area (Å²) in [5, 5.41) is 18.1. The number of halogens is 6. The Bertz CT molecular complexity index is 1490. The number of likely N-dealkylation sites (tertiary alicyclic amines) is 1. The number of carbonyl (C=O) groups excluding carboxylic acids is 1. The molecule has 2 N–H and O–H groups in total. The van der Waals surface area contributed by atoms with Gasteiger partial charge in [-0.2, -0.15) is 37.7 Å². The molecule has 44 heavy (non-hydrogen) atoms. The topological polar surface area (TPSA) is 130 Å². The van der Waals surface area contributed by atoms with Gasteiger partial charge < -0.3 is 24.6 Å². The number of carbonyl (C=O) groups is 3. The minimum absolute atomic E-state index is 0.0663. The molecule has 0 radical (unpaired) electrons. The zero-order valence-electron chi connectivity index (χ0n) is 22.4. The highest BCUT2D eigenvalue weighted by atomic mass is 32.1. The highest BCUT2D eigenvalue weighted by molar-refractivity contribution is 7.08. The van der Waals surface area contributed by atoms with Gasteiger partial charge in [-0.3, -0.25) is 14.7 Å². The zero-order chi connectivity index (χ0) is 32.3. The summed E-state index contributed by atoms with van der Waals surface area (Å²) in [4.78, 5) is 40.1. The van der Waals surface area contributed by atoms with Crippen LogP contribution in [0.15, 0.2) is 53.4 Å². The van der Waals surface area contributed by atoms with E-state index in [4.69, 9.17) is 34.3 Å². The van der Waals surface area contributed by atoms with Gasteiger partial charge in [-0.1, -0.05) is 6.07 Å². The predicted molar refractivity (Wildman–Crippen MR) is 142 cm³/mol. The van der Waals surface area contributed by atoms with Crippen molar-refractivity contribution in [1.82, 2.24) is 9.88 Å². The molecule has 0 aliphatic carbocycles. The van der Waals surface area contributed by atoms with Gasteiger partial charge in [0.05, 0.1) is 16.9 Å².